The van der Waals surface area contributed by atoms with E-state index >= 15 is 0 Å². The van der Waals surface area contributed by atoms with E-state index in [0.717, 1.165) is 12.1 Å². The van der Waals surface area contributed by atoms with Crippen molar-refractivity contribution in [1.29, 1.82) is 0 Å². The van der Waals surface area contributed by atoms with Crippen molar-refractivity contribution in [3.05, 3.63) is 59.4 Å². The zero-order valence-corrected chi connectivity index (χ0v) is 16.3. The standard InChI is InChI=1S/C20H17F2N5O4/c1-11-19(20(29)24-12-2-4-14(21)15(22)8-12)25-26-27(11)10-18(28)23-13-3-5-16-17(9-13)31-7-6-30-16/h2-5,8-9H,6-7,10H2,1H3,(H,23,28)(H,24,29). The number of amides is 2. The van der Waals surface area contributed by atoms with Crippen molar-refractivity contribution in [2.45, 2.75) is 13.5 Å². The zero-order chi connectivity index (χ0) is 22.0. The van der Waals surface area contributed by atoms with Crippen LogP contribution in [0.4, 0.5) is 20.2 Å². The summed E-state index contributed by atoms with van der Waals surface area (Å²) in [6, 6.07) is 8.01. The number of aromatic nitrogens is 3. The average Bonchev–Trinajstić information content (AvgIpc) is 3.10. The highest BCUT2D eigenvalue weighted by molar-refractivity contribution is 6.03. The van der Waals surface area contributed by atoms with Crippen LogP contribution >= 0.6 is 0 Å². The van der Waals surface area contributed by atoms with Gasteiger partial charge in [-0.15, -0.1) is 5.10 Å². The number of hydrogen-bond acceptors (Lipinski definition) is 6. The number of carbonyl (C=O) groups is 2. The van der Waals surface area contributed by atoms with Crippen LogP contribution in [0.5, 0.6) is 11.5 Å². The molecule has 2 heterocycles. The summed E-state index contributed by atoms with van der Waals surface area (Å²) >= 11 is 0. The Bertz CT molecular complexity index is 1160. The number of hydrogen-bond donors (Lipinski definition) is 2. The number of anilines is 2. The van der Waals surface area contributed by atoms with Gasteiger partial charge in [0.2, 0.25) is 5.91 Å². The summed E-state index contributed by atoms with van der Waals surface area (Å²) in [5.74, 6) is -2.03. The van der Waals surface area contributed by atoms with Crippen molar-refractivity contribution >= 4 is 23.2 Å². The molecule has 2 N–H and O–H groups in total. The molecule has 1 aliphatic heterocycles. The Morgan fingerprint density at radius 2 is 1.71 bits per heavy atom. The highest BCUT2D eigenvalue weighted by Gasteiger charge is 2.19. The molecule has 4 rings (SSSR count). The molecule has 1 aliphatic rings. The lowest BCUT2D eigenvalue weighted by Crippen LogP contribution is -2.21. The number of nitrogens with one attached hydrogen (secondary N) is 2. The molecule has 0 bridgehead atoms. The molecule has 0 saturated heterocycles. The van der Waals surface area contributed by atoms with Crippen LogP contribution < -0.4 is 20.1 Å². The third-order valence-electron chi connectivity index (χ3n) is 4.49. The SMILES string of the molecule is Cc1c(C(=O)Nc2ccc(F)c(F)c2)nnn1CC(=O)Nc1ccc2c(c1)OCCO2. The number of benzene rings is 2. The molecular weight excluding hydrogens is 412 g/mol. The summed E-state index contributed by atoms with van der Waals surface area (Å²) in [6.45, 7) is 2.28. The maximum Gasteiger partial charge on any atom is 0.278 e. The van der Waals surface area contributed by atoms with Gasteiger partial charge in [0.1, 0.15) is 19.8 Å². The van der Waals surface area contributed by atoms with Crippen molar-refractivity contribution in [1.82, 2.24) is 15.0 Å². The van der Waals surface area contributed by atoms with Gasteiger partial charge in [-0.1, -0.05) is 5.21 Å². The predicted octanol–water partition coefficient (Wildman–Crippen LogP) is 2.53. The summed E-state index contributed by atoms with van der Waals surface area (Å²) in [4.78, 5) is 24.8. The lowest BCUT2D eigenvalue weighted by Gasteiger charge is -2.19. The molecule has 0 aliphatic carbocycles. The molecule has 0 radical (unpaired) electrons. The van der Waals surface area contributed by atoms with E-state index in [1.165, 1.54) is 10.7 Å². The normalized spacial score (nSPS) is 12.4. The number of ether oxygens (including phenoxy) is 2. The molecule has 3 aromatic rings. The average molecular weight is 429 g/mol. The minimum Gasteiger partial charge on any atom is -0.486 e. The van der Waals surface area contributed by atoms with E-state index in [4.69, 9.17) is 9.47 Å². The molecule has 2 amide bonds. The van der Waals surface area contributed by atoms with Crippen LogP contribution in [0.1, 0.15) is 16.2 Å². The number of carbonyl (C=O) groups excluding carboxylic acids is 2. The molecular formula is C20H17F2N5O4. The van der Waals surface area contributed by atoms with Gasteiger partial charge >= 0.3 is 0 Å². The molecule has 0 spiro atoms. The predicted molar refractivity (Wildman–Crippen MR) is 105 cm³/mol. The third kappa shape index (κ3) is 4.44. The lowest BCUT2D eigenvalue weighted by atomic mass is 10.2. The Kier molecular flexibility index (Phi) is 5.48. The maximum atomic E-state index is 13.3. The first kappa shape index (κ1) is 20.3. The molecule has 0 fully saturated rings. The van der Waals surface area contributed by atoms with Crippen molar-refractivity contribution in [2.24, 2.45) is 0 Å². The van der Waals surface area contributed by atoms with Crippen molar-refractivity contribution < 1.29 is 27.8 Å². The fourth-order valence-corrected chi connectivity index (χ4v) is 2.94. The van der Waals surface area contributed by atoms with E-state index in [0.29, 0.717) is 36.1 Å². The van der Waals surface area contributed by atoms with Crippen LogP contribution in [0.25, 0.3) is 0 Å². The van der Waals surface area contributed by atoms with Crippen molar-refractivity contribution in [3.8, 4) is 11.5 Å². The van der Waals surface area contributed by atoms with Gasteiger partial charge in [0.05, 0.1) is 5.69 Å². The summed E-state index contributed by atoms with van der Waals surface area (Å²) in [5, 5.41) is 12.7. The largest absolute Gasteiger partial charge is 0.486 e. The molecule has 1 aromatic heterocycles. The quantitative estimate of drug-likeness (QED) is 0.646. The van der Waals surface area contributed by atoms with Crippen LogP contribution in [0, 0.1) is 18.6 Å². The van der Waals surface area contributed by atoms with Crippen LogP contribution in [0.15, 0.2) is 36.4 Å². The van der Waals surface area contributed by atoms with Crippen LogP contribution in [-0.4, -0.2) is 40.0 Å². The molecule has 11 heteroatoms. The van der Waals surface area contributed by atoms with Gasteiger partial charge in [0.15, 0.2) is 28.8 Å². The second-order valence-corrected chi connectivity index (χ2v) is 6.67. The van der Waals surface area contributed by atoms with Gasteiger partial charge in [-0.05, 0) is 31.2 Å². The van der Waals surface area contributed by atoms with E-state index in [-0.39, 0.29) is 17.9 Å². The van der Waals surface area contributed by atoms with Gasteiger partial charge in [0, 0.05) is 23.5 Å². The first-order chi connectivity index (χ1) is 14.9. The van der Waals surface area contributed by atoms with Gasteiger partial charge < -0.3 is 20.1 Å². The van der Waals surface area contributed by atoms with Crippen molar-refractivity contribution in [2.75, 3.05) is 23.8 Å². The highest BCUT2D eigenvalue weighted by atomic mass is 19.2. The Hall–Kier alpha value is -4.02. The Labute approximate surface area is 175 Å². The second kappa shape index (κ2) is 8.38. The Morgan fingerprint density at radius 1 is 1.00 bits per heavy atom. The monoisotopic (exact) mass is 429 g/mol. The second-order valence-electron chi connectivity index (χ2n) is 6.67. The van der Waals surface area contributed by atoms with Crippen molar-refractivity contribution in [3.63, 3.8) is 0 Å². The Balaban J connectivity index is 1.41. The molecule has 31 heavy (non-hydrogen) atoms. The topological polar surface area (TPSA) is 107 Å². The smallest absolute Gasteiger partial charge is 0.278 e. The number of halogens is 2. The molecule has 0 saturated carbocycles. The first-order valence-electron chi connectivity index (χ1n) is 9.26. The zero-order valence-electron chi connectivity index (χ0n) is 16.3. The fraction of sp³-hybridized carbons (Fsp3) is 0.200. The maximum absolute atomic E-state index is 13.3. The lowest BCUT2D eigenvalue weighted by molar-refractivity contribution is -0.117. The van der Waals surface area contributed by atoms with Crippen LogP contribution in [0.2, 0.25) is 0 Å². The number of fused-ring (bicyclic) bond motifs is 1. The fourth-order valence-electron chi connectivity index (χ4n) is 2.94. The third-order valence-corrected chi connectivity index (χ3v) is 4.49. The van der Waals surface area contributed by atoms with Gasteiger partial charge in [-0.3, -0.25) is 9.59 Å². The minimum absolute atomic E-state index is 0.0446. The molecule has 9 nitrogen and oxygen atoms in total. The van der Waals surface area contributed by atoms with E-state index < -0.39 is 23.4 Å². The summed E-state index contributed by atoms with van der Waals surface area (Å²) in [7, 11) is 0. The minimum atomic E-state index is -1.09. The summed E-state index contributed by atoms with van der Waals surface area (Å²) in [5.41, 5.74) is 0.867. The van der Waals surface area contributed by atoms with Crippen LogP contribution in [0.3, 0.4) is 0 Å². The van der Waals surface area contributed by atoms with Gasteiger partial charge in [0.25, 0.3) is 5.91 Å². The van der Waals surface area contributed by atoms with Gasteiger partial charge in [-0.25, -0.2) is 13.5 Å². The van der Waals surface area contributed by atoms with Gasteiger partial charge in [-0.2, -0.15) is 0 Å². The number of nitrogens with zero attached hydrogens (tertiary/aromatic N) is 3. The van der Waals surface area contributed by atoms with E-state index in [9.17, 15) is 18.4 Å². The van der Waals surface area contributed by atoms with Crippen LogP contribution in [-0.2, 0) is 11.3 Å². The van der Waals surface area contributed by atoms with E-state index in [1.807, 2.05) is 0 Å². The summed E-state index contributed by atoms with van der Waals surface area (Å²) < 4.78 is 38.5. The molecule has 0 unspecified atom stereocenters. The van der Waals surface area contributed by atoms with E-state index in [2.05, 4.69) is 20.9 Å². The Morgan fingerprint density at radius 3 is 2.48 bits per heavy atom. The molecule has 160 valence electrons. The molecule has 0 atom stereocenters. The van der Waals surface area contributed by atoms with E-state index in [1.54, 1.807) is 25.1 Å². The molecule has 2 aromatic carbocycles. The first-order valence-corrected chi connectivity index (χ1v) is 9.26. The number of rotatable bonds is 5. The highest BCUT2D eigenvalue weighted by Crippen LogP contribution is 2.32. The summed E-state index contributed by atoms with van der Waals surface area (Å²) in [6.07, 6.45) is 0.